The maximum Gasteiger partial charge on any atom is 0.255 e. The van der Waals surface area contributed by atoms with E-state index in [-0.39, 0.29) is 5.91 Å². The van der Waals surface area contributed by atoms with Crippen LogP contribution in [0.4, 0.5) is 5.69 Å². The molecule has 27 heavy (non-hydrogen) atoms. The fourth-order valence-corrected chi connectivity index (χ4v) is 3.83. The van der Waals surface area contributed by atoms with E-state index in [1.54, 1.807) is 25.3 Å². The van der Waals surface area contributed by atoms with Gasteiger partial charge in [0.05, 0.1) is 12.7 Å². The van der Waals surface area contributed by atoms with Crippen molar-refractivity contribution < 1.29 is 9.53 Å². The summed E-state index contributed by atoms with van der Waals surface area (Å²) in [6.07, 6.45) is 4.31. The molecule has 0 unspecified atom stereocenters. The zero-order chi connectivity index (χ0) is 19.2. The quantitative estimate of drug-likeness (QED) is 0.762. The molecule has 2 aromatic carbocycles. The highest BCUT2D eigenvalue weighted by molar-refractivity contribution is 6.31. The van der Waals surface area contributed by atoms with Crippen molar-refractivity contribution in [2.45, 2.75) is 32.6 Å². The van der Waals surface area contributed by atoms with E-state index in [0.717, 1.165) is 25.9 Å². The van der Waals surface area contributed by atoms with Crippen LogP contribution in [0.5, 0.6) is 5.75 Å². The molecule has 0 bridgehead atoms. The van der Waals surface area contributed by atoms with Crippen LogP contribution in [0.25, 0.3) is 0 Å². The van der Waals surface area contributed by atoms with Gasteiger partial charge < -0.3 is 15.0 Å². The Kier molecular flexibility index (Phi) is 6.62. The number of carbonyl (C=O) groups is 1. The summed E-state index contributed by atoms with van der Waals surface area (Å²) >= 11 is 6.01. The first-order valence-electron chi connectivity index (χ1n) is 9.61. The molecule has 0 saturated heterocycles. The van der Waals surface area contributed by atoms with Gasteiger partial charge in [-0.2, -0.15) is 0 Å². The van der Waals surface area contributed by atoms with E-state index in [2.05, 4.69) is 35.3 Å². The molecule has 1 heterocycles. The lowest BCUT2D eigenvalue weighted by Crippen LogP contribution is -2.30. The van der Waals surface area contributed by atoms with Crippen molar-refractivity contribution >= 4 is 23.2 Å². The van der Waals surface area contributed by atoms with Crippen LogP contribution in [-0.2, 0) is 12.8 Å². The minimum Gasteiger partial charge on any atom is -0.496 e. The number of amides is 1. The molecule has 0 radical (unpaired) electrons. The first-order valence-corrected chi connectivity index (χ1v) is 9.98. The van der Waals surface area contributed by atoms with E-state index in [1.165, 1.54) is 29.7 Å². The number of fused-ring (bicyclic) bond motifs is 1. The van der Waals surface area contributed by atoms with E-state index < -0.39 is 0 Å². The smallest absolute Gasteiger partial charge is 0.255 e. The van der Waals surface area contributed by atoms with Gasteiger partial charge in [0.15, 0.2) is 0 Å². The lowest BCUT2D eigenvalue weighted by Gasteiger charge is -2.31. The minimum atomic E-state index is -0.165. The largest absolute Gasteiger partial charge is 0.496 e. The van der Waals surface area contributed by atoms with Gasteiger partial charge in [-0.15, -0.1) is 0 Å². The molecule has 1 aliphatic rings. The highest BCUT2D eigenvalue weighted by Gasteiger charge is 2.16. The van der Waals surface area contributed by atoms with Crippen LogP contribution in [-0.4, -0.2) is 32.7 Å². The van der Waals surface area contributed by atoms with Gasteiger partial charge in [-0.3, -0.25) is 4.79 Å². The Bertz CT molecular complexity index is 807. The molecular formula is C22H27ClN2O2. The molecule has 144 valence electrons. The average Bonchev–Trinajstić information content (AvgIpc) is 2.68. The summed E-state index contributed by atoms with van der Waals surface area (Å²) in [6, 6.07) is 11.8. The number of anilines is 1. The van der Waals surface area contributed by atoms with Crippen LogP contribution in [0, 0.1) is 0 Å². The summed E-state index contributed by atoms with van der Waals surface area (Å²) in [5.41, 5.74) is 4.52. The Morgan fingerprint density at radius 2 is 2.11 bits per heavy atom. The predicted molar refractivity (Wildman–Crippen MR) is 111 cm³/mol. The molecule has 0 aromatic heterocycles. The third-order valence-electron chi connectivity index (χ3n) is 4.96. The monoisotopic (exact) mass is 386 g/mol. The number of ether oxygens (including phenoxy) is 1. The number of hydrogen-bond acceptors (Lipinski definition) is 3. The van der Waals surface area contributed by atoms with E-state index in [9.17, 15) is 4.79 Å². The van der Waals surface area contributed by atoms with Crippen molar-refractivity contribution in [1.29, 1.82) is 0 Å². The molecule has 0 aliphatic carbocycles. The van der Waals surface area contributed by atoms with Gasteiger partial charge in [-0.1, -0.05) is 30.7 Å². The van der Waals surface area contributed by atoms with Crippen LogP contribution < -0.4 is 15.0 Å². The SMILES string of the molecule is CCCN1CCCc2cc(CCNC(=O)c3cc(Cl)ccc3OC)ccc21. The van der Waals surface area contributed by atoms with Crippen LogP contribution in [0.3, 0.4) is 0 Å². The molecular weight excluding hydrogens is 360 g/mol. The molecule has 5 heteroatoms. The fourth-order valence-electron chi connectivity index (χ4n) is 3.66. The molecule has 0 spiro atoms. The number of methoxy groups -OCH3 is 1. The molecule has 1 N–H and O–H groups in total. The summed E-state index contributed by atoms with van der Waals surface area (Å²) in [5, 5.41) is 3.49. The second-order valence-electron chi connectivity index (χ2n) is 6.90. The standard InChI is InChI=1S/C22H27ClN2O2/c1-3-12-25-13-4-5-17-14-16(6-8-20(17)25)10-11-24-22(26)19-15-18(23)7-9-21(19)27-2/h6-9,14-15H,3-5,10-13H2,1-2H3,(H,24,26). The van der Waals surface area contributed by atoms with E-state index >= 15 is 0 Å². The van der Waals surface area contributed by atoms with Gasteiger partial charge in [0.2, 0.25) is 0 Å². The number of aryl methyl sites for hydroxylation is 1. The van der Waals surface area contributed by atoms with Crippen LogP contribution in [0.2, 0.25) is 5.02 Å². The number of nitrogens with one attached hydrogen (secondary N) is 1. The van der Waals surface area contributed by atoms with Gasteiger partial charge in [-0.25, -0.2) is 0 Å². The Morgan fingerprint density at radius 3 is 2.89 bits per heavy atom. The Labute approximate surface area is 166 Å². The van der Waals surface area contributed by atoms with E-state index in [1.807, 2.05) is 0 Å². The fraction of sp³-hybridized carbons (Fsp3) is 0.409. The average molecular weight is 387 g/mol. The Hall–Kier alpha value is -2.20. The van der Waals surface area contributed by atoms with Crippen LogP contribution >= 0.6 is 11.6 Å². The van der Waals surface area contributed by atoms with E-state index in [0.29, 0.717) is 22.9 Å². The second-order valence-corrected chi connectivity index (χ2v) is 7.34. The van der Waals surface area contributed by atoms with Gasteiger partial charge in [0, 0.05) is 30.3 Å². The number of hydrogen-bond donors (Lipinski definition) is 1. The number of carbonyl (C=O) groups excluding carboxylic acids is 1. The third-order valence-corrected chi connectivity index (χ3v) is 5.19. The van der Waals surface area contributed by atoms with Crippen molar-refractivity contribution in [2.75, 3.05) is 31.6 Å². The molecule has 0 fully saturated rings. The molecule has 0 atom stereocenters. The zero-order valence-electron chi connectivity index (χ0n) is 16.1. The molecule has 3 rings (SSSR count). The van der Waals surface area contributed by atoms with Crippen molar-refractivity contribution in [3.05, 3.63) is 58.1 Å². The van der Waals surface area contributed by atoms with Gasteiger partial charge in [-0.05, 0) is 61.1 Å². The van der Waals surface area contributed by atoms with E-state index in [4.69, 9.17) is 16.3 Å². The maximum atomic E-state index is 12.5. The van der Waals surface area contributed by atoms with Crippen molar-refractivity contribution in [2.24, 2.45) is 0 Å². The molecule has 1 amide bonds. The molecule has 0 saturated carbocycles. The highest BCUT2D eigenvalue weighted by Crippen LogP contribution is 2.28. The Morgan fingerprint density at radius 1 is 1.26 bits per heavy atom. The number of benzene rings is 2. The van der Waals surface area contributed by atoms with Gasteiger partial charge >= 0.3 is 0 Å². The van der Waals surface area contributed by atoms with Crippen molar-refractivity contribution in [3.63, 3.8) is 0 Å². The normalized spacial score (nSPS) is 13.2. The summed E-state index contributed by atoms with van der Waals surface area (Å²) in [6.45, 7) is 5.06. The minimum absolute atomic E-state index is 0.165. The highest BCUT2D eigenvalue weighted by atomic mass is 35.5. The first kappa shape index (κ1) is 19.6. The van der Waals surface area contributed by atoms with Crippen LogP contribution in [0.1, 0.15) is 41.3 Å². The number of nitrogens with zero attached hydrogens (tertiary/aromatic N) is 1. The lowest BCUT2D eigenvalue weighted by atomic mass is 9.98. The summed E-state index contributed by atoms with van der Waals surface area (Å²) in [4.78, 5) is 14.9. The number of halogens is 1. The summed E-state index contributed by atoms with van der Waals surface area (Å²) in [5.74, 6) is 0.364. The third kappa shape index (κ3) is 4.75. The topological polar surface area (TPSA) is 41.6 Å². The molecule has 2 aromatic rings. The molecule has 1 aliphatic heterocycles. The molecule has 4 nitrogen and oxygen atoms in total. The van der Waals surface area contributed by atoms with Crippen molar-refractivity contribution in [1.82, 2.24) is 5.32 Å². The number of rotatable bonds is 7. The maximum absolute atomic E-state index is 12.5. The first-order chi connectivity index (χ1) is 13.1. The predicted octanol–water partition coefficient (Wildman–Crippen LogP) is 4.48. The van der Waals surface area contributed by atoms with Crippen molar-refractivity contribution in [3.8, 4) is 5.75 Å². The van der Waals surface area contributed by atoms with Crippen LogP contribution in [0.15, 0.2) is 36.4 Å². The van der Waals surface area contributed by atoms with Gasteiger partial charge in [0.25, 0.3) is 5.91 Å². The second kappa shape index (κ2) is 9.14. The van der Waals surface area contributed by atoms with Gasteiger partial charge in [0.1, 0.15) is 5.75 Å². The lowest BCUT2D eigenvalue weighted by molar-refractivity contribution is 0.0951. The zero-order valence-corrected chi connectivity index (χ0v) is 16.8. The Balaban J connectivity index is 1.61. The summed E-state index contributed by atoms with van der Waals surface area (Å²) < 4.78 is 5.25. The summed E-state index contributed by atoms with van der Waals surface area (Å²) in [7, 11) is 1.55.